The molecule has 0 aromatic carbocycles. The molecular weight excluding hydrogens is 246 g/mol. The lowest BCUT2D eigenvalue weighted by Gasteiger charge is -2.24. The summed E-state index contributed by atoms with van der Waals surface area (Å²) in [6, 6.07) is 3.79. The fourth-order valence-electron chi connectivity index (χ4n) is 1.73. The van der Waals surface area contributed by atoms with Crippen molar-refractivity contribution in [3.8, 4) is 0 Å². The van der Waals surface area contributed by atoms with Crippen molar-refractivity contribution in [3.05, 3.63) is 24.2 Å². The lowest BCUT2D eigenvalue weighted by molar-refractivity contribution is -0.0129. The molecule has 5 heteroatoms. The van der Waals surface area contributed by atoms with Crippen LogP contribution in [0.2, 0.25) is 0 Å². The highest BCUT2D eigenvalue weighted by atomic mass is 16.5. The second-order valence-electron chi connectivity index (χ2n) is 4.84. The Morgan fingerprint density at radius 3 is 2.79 bits per heavy atom. The minimum Gasteiger partial charge on any atom is -0.468 e. The molecule has 0 amide bonds. The van der Waals surface area contributed by atoms with Gasteiger partial charge in [-0.2, -0.15) is 0 Å². The van der Waals surface area contributed by atoms with Crippen LogP contribution in [0, 0.1) is 0 Å². The molecule has 1 atom stereocenters. The SMILES string of the molecule is COCCN(Cc1ccco1)C[C@@H](O)COC(C)C. The summed E-state index contributed by atoms with van der Waals surface area (Å²) in [6.45, 7) is 6.83. The molecule has 1 aromatic rings. The van der Waals surface area contributed by atoms with E-state index >= 15 is 0 Å². The van der Waals surface area contributed by atoms with Crippen LogP contribution in [0.25, 0.3) is 0 Å². The summed E-state index contributed by atoms with van der Waals surface area (Å²) in [5, 5.41) is 9.96. The molecule has 19 heavy (non-hydrogen) atoms. The Labute approximate surface area is 115 Å². The average Bonchev–Trinajstić information content (AvgIpc) is 2.86. The molecule has 0 bridgehead atoms. The first-order valence-corrected chi connectivity index (χ1v) is 6.65. The lowest BCUT2D eigenvalue weighted by atomic mass is 10.3. The third-order valence-electron chi connectivity index (χ3n) is 2.66. The summed E-state index contributed by atoms with van der Waals surface area (Å²) >= 11 is 0. The number of aliphatic hydroxyl groups is 1. The Hall–Kier alpha value is -0.880. The van der Waals surface area contributed by atoms with Crippen molar-refractivity contribution >= 4 is 0 Å². The van der Waals surface area contributed by atoms with Gasteiger partial charge in [-0.3, -0.25) is 4.90 Å². The largest absolute Gasteiger partial charge is 0.468 e. The highest BCUT2D eigenvalue weighted by Gasteiger charge is 2.14. The number of furan rings is 1. The first-order chi connectivity index (χ1) is 9.11. The van der Waals surface area contributed by atoms with Gasteiger partial charge < -0.3 is 19.0 Å². The van der Waals surface area contributed by atoms with E-state index < -0.39 is 6.10 Å². The van der Waals surface area contributed by atoms with E-state index in [4.69, 9.17) is 13.9 Å². The van der Waals surface area contributed by atoms with Gasteiger partial charge in [0.1, 0.15) is 5.76 Å². The van der Waals surface area contributed by atoms with Crippen molar-refractivity contribution in [2.75, 3.05) is 33.4 Å². The van der Waals surface area contributed by atoms with Crippen LogP contribution in [0.15, 0.2) is 22.8 Å². The smallest absolute Gasteiger partial charge is 0.117 e. The third kappa shape index (κ3) is 7.32. The first-order valence-electron chi connectivity index (χ1n) is 6.65. The summed E-state index contributed by atoms with van der Waals surface area (Å²) in [5.74, 6) is 0.882. The van der Waals surface area contributed by atoms with Gasteiger partial charge >= 0.3 is 0 Å². The number of ether oxygens (including phenoxy) is 2. The van der Waals surface area contributed by atoms with E-state index in [1.807, 2.05) is 26.0 Å². The van der Waals surface area contributed by atoms with Crippen molar-refractivity contribution in [2.45, 2.75) is 32.6 Å². The lowest BCUT2D eigenvalue weighted by Crippen LogP contribution is -2.37. The van der Waals surface area contributed by atoms with Crippen molar-refractivity contribution < 1.29 is 19.0 Å². The predicted octanol–water partition coefficient (Wildman–Crippen LogP) is 1.51. The molecule has 0 aliphatic carbocycles. The third-order valence-corrected chi connectivity index (χ3v) is 2.66. The molecule has 1 heterocycles. The molecule has 0 saturated carbocycles. The molecule has 5 nitrogen and oxygen atoms in total. The van der Waals surface area contributed by atoms with Crippen LogP contribution < -0.4 is 0 Å². The fraction of sp³-hybridized carbons (Fsp3) is 0.714. The zero-order valence-electron chi connectivity index (χ0n) is 12.0. The Bertz CT molecular complexity index is 313. The van der Waals surface area contributed by atoms with Crippen LogP contribution >= 0.6 is 0 Å². The van der Waals surface area contributed by atoms with Crippen LogP contribution in [0.5, 0.6) is 0 Å². The van der Waals surface area contributed by atoms with E-state index in [1.54, 1.807) is 13.4 Å². The van der Waals surface area contributed by atoms with E-state index in [2.05, 4.69) is 4.90 Å². The molecule has 0 fully saturated rings. The highest BCUT2D eigenvalue weighted by molar-refractivity contribution is 4.97. The van der Waals surface area contributed by atoms with Crippen molar-refractivity contribution in [1.82, 2.24) is 4.90 Å². The normalized spacial score (nSPS) is 13.4. The number of hydrogen-bond acceptors (Lipinski definition) is 5. The molecular formula is C14H25NO4. The minimum atomic E-state index is -0.505. The van der Waals surface area contributed by atoms with Gasteiger partial charge in [-0.15, -0.1) is 0 Å². The van der Waals surface area contributed by atoms with Gasteiger partial charge in [0.15, 0.2) is 0 Å². The van der Waals surface area contributed by atoms with Gasteiger partial charge in [-0.1, -0.05) is 0 Å². The molecule has 0 radical (unpaired) electrons. The number of rotatable bonds is 10. The van der Waals surface area contributed by atoms with E-state index in [0.29, 0.717) is 26.3 Å². The summed E-state index contributed by atoms with van der Waals surface area (Å²) in [7, 11) is 1.67. The molecule has 1 aromatic heterocycles. The molecule has 1 rings (SSSR count). The molecule has 0 saturated heterocycles. The zero-order chi connectivity index (χ0) is 14.1. The van der Waals surface area contributed by atoms with Gasteiger partial charge in [0, 0.05) is 20.2 Å². The number of aliphatic hydroxyl groups excluding tert-OH is 1. The maximum absolute atomic E-state index is 9.96. The molecule has 110 valence electrons. The number of nitrogens with zero attached hydrogens (tertiary/aromatic N) is 1. The van der Waals surface area contributed by atoms with Crippen molar-refractivity contribution in [1.29, 1.82) is 0 Å². The maximum Gasteiger partial charge on any atom is 0.117 e. The standard InChI is InChI=1S/C14H25NO4/c1-12(2)19-11-13(16)9-15(6-8-17-3)10-14-5-4-7-18-14/h4-5,7,12-13,16H,6,8-11H2,1-3H3/t13-/m1/s1. The van der Waals surface area contributed by atoms with Crippen LogP contribution in [-0.2, 0) is 16.0 Å². The monoisotopic (exact) mass is 271 g/mol. The minimum absolute atomic E-state index is 0.132. The number of methoxy groups -OCH3 is 1. The Kier molecular flexibility index (Phi) is 7.74. The van der Waals surface area contributed by atoms with Gasteiger partial charge in [-0.05, 0) is 26.0 Å². The van der Waals surface area contributed by atoms with E-state index in [1.165, 1.54) is 0 Å². The molecule has 0 aliphatic rings. The first kappa shape index (κ1) is 16.2. The summed E-state index contributed by atoms with van der Waals surface area (Å²) in [4.78, 5) is 2.09. The molecule has 0 unspecified atom stereocenters. The second-order valence-corrected chi connectivity index (χ2v) is 4.84. The Balaban J connectivity index is 2.39. The summed E-state index contributed by atoms with van der Waals surface area (Å²) in [5.41, 5.74) is 0. The van der Waals surface area contributed by atoms with E-state index in [-0.39, 0.29) is 6.10 Å². The van der Waals surface area contributed by atoms with Crippen LogP contribution in [0.1, 0.15) is 19.6 Å². The van der Waals surface area contributed by atoms with E-state index in [0.717, 1.165) is 12.3 Å². The second kappa shape index (κ2) is 9.09. The Morgan fingerprint density at radius 1 is 1.42 bits per heavy atom. The molecule has 0 spiro atoms. The molecule has 0 aliphatic heterocycles. The summed E-state index contributed by atoms with van der Waals surface area (Å²) in [6.07, 6.45) is 1.28. The van der Waals surface area contributed by atoms with Gasteiger partial charge in [-0.25, -0.2) is 0 Å². The van der Waals surface area contributed by atoms with Gasteiger partial charge in [0.25, 0.3) is 0 Å². The highest BCUT2D eigenvalue weighted by Crippen LogP contribution is 2.06. The summed E-state index contributed by atoms with van der Waals surface area (Å²) < 4.78 is 15.8. The van der Waals surface area contributed by atoms with E-state index in [9.17, 15) is 5.11 Å². The van der Waals surface area contributed by atoms with Crippen LogP contribution in [0.4, 0.5) is 0 Å². The fourth-order valence-corrected chi connectivity index (χ4v) is 1.73. The molecule has 1 N–H and O–H groups in total. The topological polar surface area (TPSA) is 55.1 Å². The zero-order valence-corrected chi connectivity index (χ0v) is 12.0. The van der Waals surface area contributed by atoms with Crippen molar-refractivity contribution in [3.63, 3.8) is 0 Å². The maximum atomic E-state index is 9.96. The predicted molar refractivity (Wildman–Crippen MR) is 73.0 cm³/mol. The van der Waals surface area contributed by atoms with Crippen LogP contribution in [0.3, 0.4) is 0 Å². The van der Waals surface area contributed by atoms with Gasteiger partial charge in [0.2, 0.25) is 0 Å². The van der Waals surface area contributed by atoms with Crippen molar-refractivity contribution in [2.24, 2.45) is 0 Å². The quantitative estimate of drug-likeness (QED) is 0.699. The van der Waals surface area contributed by atoms with Crippen LogP contribution in [-0.4, -0.2) is 55.6 Å². The average molecular weight is 271 g/mol. The number of hydrogen-bond donors (Lipinski definition) is 1. The Morgan fingerprint density at radius 2 is 2.21 bits per heavy atom. The van der Waals surface area contributed by atoms with Gasteiger partial charge in [0.05, 0.1) is 38.2 Å².